The lowest BCUT2D eigenvalue weighted by atomic mass is 9.95. The Morgan fingerprint density at radius 2 is 1.77 bits per heavy atom. The number of halogens is 2. The molecule has 186 valence electrons. The van der Waals surface area contributed by atoms with Crippen LogP contribution in [0.1, 0.15) is 61.8 Å². The van der Waals surface area contributed by atoms with Crippen LogP contribution in [0.25, 0.3) is 12.2 Å². The highest BCUT2D eigenvalue weighted by Gasteiger charge is 2.27. The molecular weight excluding hydrogens is 454 g/mol. The second-order valence-corrected chi connectivity index (χ2v) is 9.05. The molecule has 4 rings (SSSR count). The second-order valence-electron chi connectivity index (χ2n) is 9.05. The number of hydrogen-bond acceptors (Lipinski definition) is 5. The van der Waals surface area contributed by atoms with Crippen molar-refractivity contribution < 1.29 is 8.78 Å². The highest BCUT2D eigenvalue weighted by molar-refractivity contribution is 5.50. The van der Waals surface area contributed by atoms with E-state index in [9.17, 15) is 18.4 Å². The van der Waals surface area contributed by atoms with Crippen LogP contribution >= 0.6 is 0 Å². The third kappa shape index (κ3) is 5.49. The highest BCUT2D eigenvalue weighted by Crippen LogP contribution is 2.26. The number of piperazine rings is 1. The van der Waals surface area contributed by atoms with Gasteiger partial charge in [0.05, 0.1) is 5.69 Å². The fourth-order valence-electron chi connectivity index (χ4n) is 4.39. The van der Waals surface area contributed by atoms with Crippen molar-refractivity contribution in [3.63, 3.8) is 0 Å². The maximum atomic E-state index is 14.0. The molecule has 0 spiro atoms. The maximum Gasteiger partial charge on any atom is 0.272 e. The first kappa shape index (κ1) is 24.7. The summed E-state index contributed by atoms with van der Waals surface area (Å²) in [5.74, 6) is -0.277. The van der Waals surface area contributed by atoms with Gasteiger partial charge < -0.3 is 25.6 Å². The number of H-pyrrole nitrogens is 3. The summed E-state index contributed by atoms with van der Waals surface area (Å²) in [5.41, 5.74) is 0.0898. The van der Waals surface area contributed by atoms with Gasteiger partial charge in [0.25, 0.3) is 11.1 Å². The molecule has 0 saturated carbocycles. The van der Waals surface area contributed by atoms with Crippen LogP contribution in [0.15, 0.2) is 27.8 Å². The fraction of sp³-hybridized carbons (Fsp3) is 0.400. The van der Waals surface area contributed by atoms with E-state index in [0.29, 0.717) is 5.69 Å². The van der Waals surface area contributed by atoms with E-state index in [1.807, 2.05) is 13.8 Å². The second kappa shape index (κ2) is 10.5. The van der Waals surface area contributed by atoms with Gasteiger partial charge in [-0.2, -0.15) is 0 Å². The maximum absolute atomic E-state index is 14.0. The molecule has 35 heavy (non-hydrogen) atoms. The average Bonchev–Trinajstić information content (AvgIpc) is 3.24. The molecule has 1 aromatic carbocycles. The fourth-order valence-corrected chi connectivity index (χ4v) is 4.39. The van der Waals surface area contributed by atoms with E-state index in [1.54, 1.807) is 6.08 Å². The van der Waals surface area contributed by atoms with Gasteiger partial charge in [0.2, 0.25) is 0 Å². The first-order valence-corrected chi connectivity index (χ1v) is 11.8. The summed E-state index contributed by atoms with van der Waals surface area (Å²) in [6, 6.07) is 3.12. The molecule has 2 aromatic heterocycles. The van der Waals surface area contributed by atoms with Crippen molar-refractivity contribution in [1.29, 1.82) is 0 Å². The molecule has 0 bridgehead atoms. The van der Waals surface area contributed by atoms with Crippen molar-refractivity contribution in [2.45, 2.75) is 45.1 Å². The third-order valence-electron chi connectivity index (χ3n) is 6.23. The SMILES string of the molecule is CCC(c1nc(/C=c2\[nH]c(=O)/c(=C/c3cc(F)ccc3F)[nH]c2=O)c(C(C)C)[nH]1)C1CNCCN1. The van der Waals surface area contributed by atoms with Crippen LogP contribution < -0.4 is 32.5 Å². The Morgan fingerprint density at radius 3 is 2.40 bits per heavy atom. The number of hydrogen-bond donors (Lipinski definition) is 5. The molecule has 10 heteroatoms. The Balaban J connectivity index is 1.77. The van der Waals surface area contributed by atoms with Crippen LogP contribution in [0.5, 0.6) is 0 Å². The molecule has 3 heterocycles. The van der Waals surface area contributed by atoms with E-state index in [4.69, 9.17) is 4.98 Å². The monoisotopic (exact) mass is 484 g/mol. The Labute approximate surface area is 200 Å². The van der Waals surface area contributed by atoms with Crippen LogP contribution in [0.4, 0.5) is 8.78 Å². The molecule has 1 aliphatic rings. The summed E-state index contributed by atoms with van der Waals surface area (Å²) in [7, 11) is 0. The lowest BCUT2D eigenvalue weighted by molar-refractivity contribution is 0.352. The largest absolute Gasteiger partial charge is 0.345 e. The zero-order valence-corrected chi connectivity index (χ0v) is 20.0. The lowest BCUT2D eigenvalue weighted by Crippen LogP contribution is -2.51. The van der Waals surface area contributed by atoms with E-state index in [1.165, 1.54) is 0 Å². The van der Waals surface area contributed by atoms with Gasteiger partial charge in [-0.15, -0.1) is 0 Å². The van der Waals surface area contributed by atoms with E-state index < -0.39 is 22.8 Å². The van der Waals surface area contributed by atoms with E-state index in [2.05, 4.69) is 32.5 Å². The number of benzene rings is 1. The number of rotatable bonds is 6. The predicted molar refractivity (Wildman–Crippen MR) is 131 cm³/mol. The number of nitrogens with zero attached hydrogens (tertiary/aromatic N) is 1. The molecule has 1 saturated heterocycles. The van der Waals surface area contributed by atoms with Gasteiger partial charge >= 0.3 is 0 Å². The average molecular weight is 485 g/mol. The van der Waals surface area contributed by atoms with Crippen molar-refractivity contribution >= 4 is 12.2 Å². The molecule has 0 aliphatic carbocycles. The third-order valence-corrected chi connectivity index (χ3v) is 6.23. The normalized spacial score (nSPS) is 18.4. The standard InChI is InChI=1S/C25H30F2N6O2/c1-4-16(21-12-28-7-8-29-21)23-30-18(22(33-23)13(2)3)11-20-25(35)31-19(24(34)32-20)10-14-9-15(26)5-6-17(14)27/h5-6,9-11,13,16,21,28-29H,4,7-8,12H2,1-3H3,(H,30,33)(H,31,35)(H,32,34)/b19-10-,20-11-. The van der Waals surface area contributed by atoms with Gasteiger partial charge in [0, 0.05) is 42.9 Å². The number of aromatic nitrogens is 4. The lowest BCUT2D eigenvalue weighted by Gasteiger charge is -2.30. The van der Waals surface area contributed by atoms with E-state index in [-0.39, 0.29) is 34.1 Å². The molecular formula is C25H30F2N6O2. The number of aromatic amines is 3. The Hall–Kier alpha value is -3.37. The molecule has 3 aromatic rings. The van der Waals surface area contributed by atoms with Crippen molar-refractivity contribution in [3.8, 4) is 0 Å². The van der Waals surface area contributed by atoms with Crippen molar-refractivity contribution in [2.24, 2.45) is 0 Å². The molecule has 1 fully saturated rings. The molecule has 0 radical (unpaired) electrons. The van der Waals surface area contributed by atoms with Gasteiger partial charge in [-0.05, 0) is 42.7 Å². The Morgan fingerprint density at radius 1 is 1.06 bits per heavy atom. The topological polar surface area (TPSA) is 118 Å². The van der Waals surface area contributed by atoms with Crippen molar-refractivity contribution in [2.75, 3.05) is 19.6 Å². The molecule has 5 N–H and O–H groups in total. The Kier molecular flexibility index (Phi) is 7.42. The van der Waals surface area contributed by atoms with Crippen molar-refractivity contribution in [1.82, 2.24) is 30.6 Å². The van der Waals surface area contributed by atoms with E-state index >= 15 is 0 Å². The minimum absolute atomic E-state index is 0.0253. The predicted octanol–water partition coefficient (Wildman–Crippen LogP) is 0.901. The van der Waals surface area contributed by atoms with Crippen LogP contribution in [0.2, 0.25) is 0 Å². The summed E-state index contributed by atoms with van der Waals surface area (Å²) in [6.07, 6.45) is 3.52. The minimum atomic E-state index is -0.707. The summed E-state index contributed by atoms with van der Waals surface area (Å²) >= 11 is 0. The summed E-state index contributed by atoms with van der Waals surface area (Å²) < 4.78 is 27.5. The first-order valence-electron chi connectivity index (χ1n) is 11.8. The number of nitrogens with one attached hydrogen (secondary N) is 5. The highest BCUT2D eigenvalue weighted by atomic mass is 19.1. The van der Waals surface area contributed by atoms with Crippen LogP contribution in [0, 0.1) is 11.6 Å². The van der Waals surface area contributed by atoms with Crippen LogP contribution in [-0.2, 0) is 0 Å². The smallest absolute Gasteiger partial charge is 0.272 e. The van der Waals surface area contributed by atoms with Gasteiger partial charge in [-0.3, -0.25) is 9.59 Å². The minimum Gasteiger partial charge on any atom is -0.345 e. The zero-order valence-electron chi connectivity index (χ0n) is 20.0. The van der Waals surface area contributed by atoms with Gasteiger partial charge in [0.15, 0.2) is 0 Å². The summed E-state index contributed by atoms with van der Waals surface area (Å²) in [6.45, 7) is 8.81. The molecule has 8 nitrogen and oxygen atoms in total. The van der Waals surface area contributed by atoms with Crippen LogP contribution in [-0.4, -0.2) is 45.6 Å². The number of imidazole rings is 1. The zero-order chi connectivity index (χ0) is 25.1. The summed E-state index contributed by atoms with van der Waals surface area (Å²) in [5, 5.41) is 6.79. The molecule has 2 unspecified atom stereocenters. The van der Waals surface area contributed by atoms with Gasteiger partial charge in [0.1, 0.15) is 28.2 Å². The summed E-state index contributed by atoms with van der Waals surface area (Å²) in [4.78, 5) is 38.7. The molecule has 1 aliphatic heterocycles. The molecule has 0 amide bonds. The van der Waals surface area contributed by atoms with E-state index in [0.717, 1.165) is 61.8 Å². The first-order chi connectivity index (χ1) is 16.8. The Bertz CT molecular complexity index is 1430. The quantitative estimate of drug-likeness (QED) is 0.356. The van der Waals surface area contributed by atoms with Crippen molar-refractivity contribution in [3.05, 3.63) is 84.0 Å². The molecule has 2 atom stereocenters. The van der Waals surface area contributed by atoms with Gasteiger partial charge in [-0.1, -0.05) is 20.8 Å². The van der Waals surface area contributed by atoms with Crippen LogP contribution in [0.3, 0.4) is 0 Å². The van der Waals surface area contributed by atoms with Gasteiger partial charge in [-0.25, -0.2) is 13.8 Å².